The Morgan fingerprint density at radius 1 is 0.608 bits per heavy atom. The Hall–Kier alpha value is -7.42. The lowest BCUT2D eigenvalue weighted by atomic mass is 10.1. The van der Waals surface area contributed by atoms with Crippen molar-refractivity contribution in [1.29, 1.82) is 0 Å². The molecule has 0 spiro atoms. The molecule has 2 atom stereocenters. The van der Waals surface area contributed by atoms with Gasteiger partial charge in [-0.2, -0.15) is 26.3 Å². The number of hydrogen-bond acceptors (Lipinski definition) is 14. The lowest BCUT2D eigenvalue weighted by molar-refractivity contribution is -0.188. The molecule has 18 nitrogen and oxygen atoms in total. The molecule has 2 aromatic carbocycles. The third-order valence-corrected chi connectivity index (χ3v) is 14.4. The second kappa shape index (κ2) is 20.8. The topological polar surface area (TPSA) is 233 Å². The number of carbonyl (C=O) groups is 2. The summed E-state index contributed by atoms with van der Waals surface area (Å²) < 4.78 is 103. The number of rotatable bonds is 16. The number of aliphatic carboxylic acids is 2. The molecule has 0 bridgehead atoms. The van der Waals surface area contributed by atoms with E-state index in [-0.39, 0.29) is 32.2 Å². The van der Waals surface area contributed by atoms with Gasteiger partial charge in [-0.15, -0.1) is 22.7 Å². The number of fused-ring (bicyclic) bond motifs is 2. The van der Waals surface area contributed by atoms with Gasteiger partial charge in [-0.1, -0.05) is 60.7 Å². The molecule has 392 valence electrons. The highest BCUT2D eigenvalue weighted by atomic mass is 32.1. The smallest absolute Gasteiger partial charge is 0.411 e. The van der Waals surface area contributed by atoms with Crippen LogP contribution in [0.1, 0.15) is 62.2 Å². The monoisotopic (exact) mass is 1070 g/mol. The quantitative estimate of drug-likeness (QED) is 0.0863. The van der Waals surface area contributed by atoms with Crippen LogP contribution in [0.3, 0.4) is 0 Å². The van der Waals surface area contributed by atoms with Crippen molar-refractivity contribution in [1.82, 2.24) is 28.2 Å². The highest BCUT2D eigenvalue weighted by Crippen LogP contribution is 2.38. The molecule has 8 rings (SSSR count). The van der Waals surface area contributed by atoms with Crippen LogP contribution in [-0.2, 0) is 43.2 Å². The maximum absolute atomic E-state index is 13.7. The number of benzene rings is 2. The Bertz CT molecular complexity index is 3340. The van der Waals surface area contributed by atoms with E-state index in [4.69, 9.17) is 18.3 Å². The van der Waals surface area contributed by atoms with Gasteiger partial charge in [-0.05, 0) is 63.8 Å². The largest absolute Gasteiger partial charge is 0.480 e. The summed E-state index contributed by atoms with van der Waals surface area (Å²) >= 11 is 1.99. The van der Waals surface area contributed by atoms with Crippen molar-refractivity contribution in [2.24, 2.45) is 0 Å². The van der Waals surface area contributed by atoms with Crippen molar-refractivity contribution in [2.75, 3.05) is 13.2 Å². The highest BCUT2D eigenvalue weighted by molar-refractivity contribution is 7.22. The second-order valence-electron chi connectivity index (χ2n) is 17.6. The van der Waals surface area contributed by atoms with Crippen molar-refractivity contribution in [2.45, 2.75) is 90.3 Å². The minimum atomic E-state index is -4.63. The molecular formula is C48H44F6N6O12S2. The van der Waals surface area contributed by atoms with Gasteiger partial charge in [0.2, 0.25) is 11.8 Å². The number of carboxylic acids is 2. The molecule has 0 saturated heterocycles. The van der Waals surface area contributed by atoms with E-state index < -0.39 is 96.4 Å². The summed E-state index contributed by atoms with van der Waals surface area (Å²) in [6, 6.07) is 16.0. The van der Waals surface area contributed by atoms with Crippen LogP contribution in [0.15, 0.2) is 114 Å². The standard InChI is InChI=1S/2C24H22F3N3O6S/c2*1-13-16-19(31)30(23(2,3)21(32)33)22(34)29(20(16)37-17(13)18-28-9-10-35-18)11-15(36-12-24(25,26)27)14-7-5-4-6-8-14/h2*4-10,15H,11-12H2,1-3H3,(H,32,33)/t2*15-/m10/s1. The number of hydrogen-bond donors (Lipinski definition) is 2. The fourth-order valence-electron chi connectivity index (χ4n) is 7.84. The van der Waals surface area contributed by atoms with Crippen LogP contribution in [-0.4, -0.2) is 76.0 Å². The van der Waals surface area contributed by atoms with E-state index in [9.17, 15) is 65.3 Å². The van der Waals surface area contributed by atoms with Crippen LogP contribution in [0.2, 0.25) is 0 Å². The predicted molar refractivity (Wildman–Crippen MR) is 257 cm³/mol. The molecule has 8 aromatic rings. The van der Waals surface area contributed by atoms with Crippen LogP contribution < -0.4 is 22.5 Å². The van der Waals surface area contributed by atoms with Crippen LogP contribution in [0, 0.1) is 13.8 Å². The van der Waals surface area contributed by atoms with Crippen LogP contribution in [0.25, 0.3) is 42.0 Å². The van der Waals surface area contributed by atoms with Crippen LogP contribution in [0.4, 0.5) is 26.3 Å². The summed E-state index contributed by atoms with van der Waals surface area (Å²) in [5.74, 6) is -2.53. The van der Waals surface area contributed by atoms with E-state index in [0.29, 0.717) is 41.1 Å². The second-order valence-corrected chi connectivity index (χ2v) is 19.6. The number of alkyl halides is 6. The molecule has 6 heterocycles. The van der Waals surface area contributed by atoms with Gasteiger partial charge < -0.3 is 28.5 Å². The normalized spacial score (nSPS) is 13.2. The van der Waals surface area contributed by atoms with Gasteiger partial charge in [0.1, 0.15) is 58.7 Å². The summed E-state index contributed by atoms with van der Waals surface area (Å²) in [6.45, 7) is 3.99. The van der Waals surface area contributed by atoms with E-state index in [1.54, 1.807) is 74.5 Å². The van der Waals surface area contributed by atoms with Crippen molar-refractivity contribution < 1.29 is 64.5 Å². The summed E-state index contributed by atoms with van der Waals surface area (Å²) in [5.41, 5.74) is -6.10. The van der Waals surface area contributed by atoms with Gasteiger partial charge in [0, 0.05) is 0 Å². The average molecular weight is 1080 g/mol. The molecule has 0 aliphatic rings. The van der Waals surface area contributed by atoms with Gasteiger partial charge in [0.25, 0.3) is 11.1 Å². The van der Waals surface area contributed by atoms with Crippen molar-refractivity contribution >= 4 is 55.0 Å². The Morgan fingerprint density at radius 2 is 0.946 bits per heavy atom. The molecule has 0 aliphatic heterocycles. The number of carboxylic acid groups (broad SMARTS) is 2. The van der Waals surface area contributed by atoms with E-state index in [1.165, 1.54) is 52.6 Å². The van der Waals surface area contributed by atoms with Crippen LogP contribution >= 0.6 is 22.7 Å². The third-order valence-electron chi connectivity index (χ3n) is 11.8. The molecule has 0 saturated carbocycles. The highest BCUT2D eigenvalue weighted by Gasteiger charge is 2.39. The molecular weight excluding hydrogens is 1030 g/mol. The predicted octanol–water partition coefficient (Wildman–Crippen LogP) is 8.66. The Morgan fingerprint density at radius 3 is 1.23 bits per heavy atom. The first-order valence-electron chi connectivity index (χ1n) is 22.0. The number of oxazole rings is 2. The van der Waals surface area contributed by atoms with E-state index in [0.717, 1.165) is 31.8 Å². The number of aromatic nitrogens is 6. The number of aryl methyl sites for hydroxylation is 2. The summed E-state index contributed by atoms with van der Waals surface area (Å²) in [5, 5.41) is 19.6. The molecule has 0 amide bonds. The number of halogens is 6. The minimum absolute atomic E-state index is 0.0368. The number of thiophene rings is 2. The zero-order valence-corrected chi connectivity index (χ0v) is 41.4. The first kappa shape index (κ1) is 54.4. The third kappa shape index (κ3) is 10.9. The summed E-state index contributed by atoms with van der Waals surface area (Å²) in [7, 11) is 0. The Kier molecular flexibility index (Phi) is 15.3. The van der Waals surface area contributed by atoms with Gasteiger partial charge in [0.15, 0.2) is 0 Å². The SMILES string of the molecule is Cc1c(-c2ncco2)sc2c1c(=O)n(C(C)(C)C(=O)O)c(=O)n2C[C@@H](OCC(F)(F)F)c1ccccc1.Cc1c(-c2ncco2)sc2c1c(=O)n(C(C)(C)C(=O)O)c(=O)n2C[C@H](OCC(F)(F)F)c1ccccc1. The Balaban J connectivity index is 0.000000216. The average Bonchev–Trinajstić information content (AvgIpc) is 4.17. The zero-order chi connectivity index (χ0) is 54.2. The van der Waals surface area contributed by atoms with Crippen LogP contribution in [0.5, 0.6) is 0 Å². The number of nitrogens with zero attached hydrogens (tertiary/aromatic N) is 6. The minimum Gasteiger partial charge on any atom is -0.480 e. The zero-order valence-electron chi connectivity index (χ0n) is 39.8. The fourth-order valence-corrected chi connectivity index (χ4v) is 10.3. The fraction of sp³-hybridized carbons (Fsp3) is 0.333. The van der Waals surface area contributed by atoms with E-state index in [1.807, 2.05) is 0 Å². The Labute approximate surface area is 420 Å². The molecule has 6 aromatic heterocycles. The van der Waals surface area contributed by atoms with Gasteiger partial charge >= 0.3 is 35.7 Å². The van der Waals surface area contributed by atoms with Crippen molar-refractivity contribution in [3.8, 4) is 21.5 Å². The molecule has 0 unspecified atom stereocenters. The maximum Gasteiger partial charge on any atom is 0.411 e. The van der Waals surface area contributed by atoms with E-state index in [2.05, 4.69) is 9.97 Å². The molecule has 26 heteroatoms. The molecule has 0 aliphatic carbocycles. The van der Waals surface area contributed by atoms with Gasteiger partial charge in [-0.25, -0.2) is 38.3 Å². The first-order chi connectivity index (χ1) is 34.7. The number of ether oxygens (including phenoxy) is 2. The molecule has 0 fully saturated rings. The van der Waals surface area contributed by atoms with Crippen molar-refractivity contribution in [3.63, 3.8) is 0 Å². The first-order valence-corrected chi connectivity index (χ1v) is 23.6. The van der Waals surface area contributed by atoms with E-state index >= 15 is 0 Å². The summed E-state index contributed by atoms with van der Waals surface area (Å²) in [4.78, 5) is 87.8. The lowest BCUT2D eigenvalue weighted by Crippen LogP contribution is -2.52. The van der Waals surface area contributed by atoms with Gasteiger partial charge in [0.05, 0.1) is 46.0 Å². The lowest BCUT2D eigenvalue weighted by Gasteiger charge is -2.25. The maximum atomic E-state index is 13.7. The molecule has 74 heavy (non-hydrogen) atoms. The van der Waals surface area contributed by atoms with Crippen molar-refractivity contribution in [3.05, 3.63) is 150 Å². The molecule has 2 N–H and O–H groups in total. The molecule has 0 radical (unpaired) electrons. The van der Waals surface area contributed by atoms with Gasteiger partial charge in [-0.3, -0.25) is 18.7 Å². The summed E-state index contributed by atoms with van der Waals surface area (Å²) in [6.07, 6.45) is -6.29.